The van der Waals surface area contributed by atoms with Crippen molar-refractivity contribution in [3.63, 3.8) is 0 Å². The lowest BCUT2D eigenvalue weighted by molar-refractivity contribution is 0.0928. The Bertz CT molecular complexity index is 1570. The van der Waals surface area contributed by atoms with E-state index in [0.717, 1.165) is 46.3 Å². The van der Waals surface area contributed by atoms with Crippen molar-refractivity contribution in [2.45, 2.75) is 39.3 Å². The van der Waals surface area contributed by atoms with Gasteiger partial charge in [-0.2, -0.15) is 4.98 Å². The van der Waals surface area contributed by atoms with Crippen LogP contribution >= 0.6 is 11.6 Å². The van der Waals surface area contributed by atoms with Crippen LogP contribution in [0.4, 0.5) is 0 Å². The Morgan fingerprint density at radius 2 is 1.97 bits per heavy atom. The number of halogens is 1. The fourth-order valence-corrected chi connectivity index (χ4v) is 5.09. The van der Waals surface area contributed by atoms with E-state index in [4.69, 9.17) is 16.1 Å². The summed E-state index contributed by atoms with van der Waals surface area (Å²) >= 11 is 6.46. The van der Waals surface area contributed by atoms with Gasteiger partial charge in [-0.05, 0) is 50.1 Å². The Balaban J connectivity index is 1.29. The fourth-order valence-electron chi connectivity index (χ4n) is 4.83. The van der Waals surface area contributed by atoms with E-state index in [1.54, 1.807) is 36.3 Å². The molecule has 0 saturated carbocycles. The number of rotatable bonds is 4. The number of carbonyl (C=O) groups excluding carboxylic acids is 1. The summed E-state index contributed by atoms with van der Waals surface area (Å²) in [4.78, 5) is 17.6. The van der Waals surface area contributed by atoms with E-state index in [2.05, 4.69) is 55.3 Å². The molecule has 5 aromatic rings. The van der Waals surface area contributed by atoms with Crippen LogP contribution in [0.5, 0.6) is 0 Å². The molecule has 0 aliphatic carbocycles. The van der Waals surface area contributed by atoms with E-state index < -0.39 is 0 Å². The van der Waals surface area contributed by atoms with E-state index in [1.807, 2.05) is 6.07 Å². The largest absolute Gasteiger partial charge is 0.347 e. The van der Waals surface area contributed by atoms with Gasteiger partial charge >= 0.3 is 0 Å². The average Bonchev–Trinajstić information content (AvgIpc) is 3.58. The number of nitrogens with zero attached hydrogens (tertiary/aromatic N) is 6. The lowest BCUT2D eigenvalue weighted by Crippen LogP contribution is -2.41. The van der Waals surface area contributed by atoms with E-state index in [9.17, 15) is 4.79 Å². The SMILES string of the molecule is Cc1ccc2c(c1)c(-c1noc(C)n1)c1n2C[C@H](NC(=O)c2ccc(-n3cnnc3)cc2Cl)CC1. The summed E-state index contributed by atoms with van der Waals surface area (Å²) in [7, 11) is 0. The first kappa shape index (κ1) is 21.5. The molecular formula is C25H22ClN7O2. The molecule has 176 valence electrons. The first-order valence-corrected chi connectivity index (χ1v) is 11.7. The molecular weight excluding hydrogens is 466 g/mol. The highest BCUT2D eigenvalue weighted by Gasteiger charge is 2.28. The number of hydrogen-bond acceptors (Lipinski definition) is 6. The molecule has 6 rings (SSSR count). The van der Waals surface area contributed by atoms with Gasteiger partial charge in [0, 0.05) is 41.8 Å². The molecule has 0 spiro atoms. The van der Waals surface area contributed by atoms with Crippen LogP contribution in [0.3, 0.4) is 0 Å². The zero-order valence-electron chi connectivity index (χ0n) is 19.2. The highest BCUT2D eigenvalue weighted by Crippen LogP contribution is 2.37. The topological polar surface area (TPSA) is 104 Å². The number of amides is 1. The standard InChI is InChI=1S/C25H22ClN7O2/c1-14-3-7-21-19(9-14)23(24-29-15(2)35-31-24)22-8-4-16(11-33(21)22)30-25(34)18-6-5-17(10-20(18)26)32-12-27-28-13-32/h3,5-7,9-10,12-13,16H,4,8,11H2,1-2H3,(H,30,34)/t16-/m1/s1. The van der Waals surface area contributed by atoms with Crippen LogP contribution in [0.2, 0.25) is 5.02 Å². The molecule has 0 bridgehead atoms. The summed E-state index contributed by atoms with van der Waals surface area (Å²) in [6, 6.07) is 11.6. The maximum atomic E-state index is 13.1. The van der Waals surface area contributed by atoms with Crippen molar-refractivity contribution in [1.82, 2.24) is 34.8 Å². The smallest absolute Gasteiger partial charge is 0.253 e. The second kappa shape index (κ2) is 8.35. The van der Waals surface area contributed by atoms with Gasteiger partial charge in [0.2, 0.25) is 11.7 Å². The molecule has 9 nitrogen and oxygen atoms in total. The Morgan fingerprint density at radius 3 is 2.71 bits per heavy atom. The maximum Gasteiger partial charge on any atom is 0.253 e. The number of hydrogen-bond donors (Lipinski definition) is 1. The van der Waals surface area contributed by atoms with Crippen molar-refractivity contribution in [3.8, 4) is 17.1 Å². The van der Waals surface area contributed by atoms with Crippen LogP contribution in [0.15, 0.2) is 53.6 Å². The van der Waals surface area contributed by atoms with Crippen molar-refractivity contribution in [3.05, 3.63) is 76.8 Å². The Kier molecular flexibility index (Phi) is 5.14. The van der Waals surface area contributed by atoms with Crippen LogP contribution in [-0.4, -0.2) is 41.4 Å². The third-order valence-electron chi connectivity index (χ3n) is 6.46. The van der Waals surface area contributed by atoms with E-state index in [1.165, 1.54) is 0 Å². The summed E-state index contributed by atoms with van der Waals surface area (Å²) in [6.07, 6.45) is 4.74. The minimum atomic E-state index is -0.194. The van der Waals surface area contributed by atoms with Gasteiger partial charge in [0.25, 0.3) is 5.91 Å². The fraction of sp³-hybridized carbons (Fsp3) is 0.240. The third kappa shape index (κ3) is 3.77. The molecule has 1 aliphatic rings. The van der Waals surface area contributed by atoms with Gasteiger partial charge in [0.15, 0.2) is 0 Å². The van der Waals surface area contributed by atoms with E-state index in [-0.39, 0.29) is 11.9 Å². The summed E-state index contributed by atoms with van der Waals surface area (Å²) in [5.74, 6) is 0.947. The molecule has 1 amide bonds. The molecule has 0 radical (unpaired) electrons. The predicted octanol–water partition coefficient (Wildman–Crippen LogP) is 4.29. The van der Waals surface area contributed by atoms with E-state index in [0.29, 0.717) is 28.8 Å². The van der Waals surface area contributed by atoms with E-state index >= 15 is 0 Å². The third-order valence-corrected chi connectivity index (χ3v) is 6.77. The summed E-state index contributed by atoms with van der Waals surface area (Å²) in [5.41, 5.74) is 5.66. The highest BCUT2D eigenvalue weighted by molar-refractivity contribution is 6.34. The number of benzene rings is 2. The van der Waals surface area contributed by atoms with Gasteiger partial charge in [-0.25, -0.2) is 0 Å². The number of aryl methyl sites for hydroxylation is 2. The molecule has 1 N–H and O–H groups in total. The van der Waals surface area contributed by atoms with Gasteiger partial charge in [0.05, 0.1) is 16.1 Å². The number of aromatic nitrogens is 6. The first-order chi connectivity index (χ1) is 17.0. The first-order valence-electron chi connectivity index (χ1n) is 11.4. The van der Waals surface area contributed by atoms with Crippen molar-refractivity contribution < 1.29 is 9.32 Å². The molecule has 10 heteroatoms. The lowest BCUT2D eigenvalue weighted by atomic mass is 10.0. The van der Waals surface area contributed by atoms with Gasteiger partial charge in [0.1, 0.15) is 12.7 Å². The van der Waals surface area contributed by atoms with Crippen LogP contribution < -0.4 is 5.32 Å². The lowest BCUT2D eigenvalue weighted by Gasteiger charge is -2.27. The Morgan fingerprint density at radius 1 is 1.14 bits per heavy atom. The molecule has 35 heavy (non-hydrogen) atoms. The molecule has 3 aromatic heterocycles. The van der Waals surface area contributed by atoms with Crippen molar-refractivity contribution in [1.29, 1.82) is 0 Å². The molecule has 1 atom stereocenters. The normalized spacial score (nSPS) is 15.3. The van der Waals surface area contributed by atoms with Crippen molar-refractivity contribution in [2.24, 2.45) is 0 Å². The maximum absolute atomic E-state index is 13.1. The van der Waals surface area contributed by atoms with Gasteiger partial charge < -0.3 is 14.4 Å². The zero-order valence-corrected chi connectivity index (χ0v) is 20.0. The van der Waals surface area contributed by atoms with Crippen molar-refractivity contribution >= 4 is 28.4 Å². The van der Waals surface area contributed by atoms with Gasteiger partial charge in [-0.15, -0.1) is 10.2 Å². The van der Waals surface area contributed by atoms with Crippen LogP contribution in [0.1, 0.15) is 33.9 Å². The minimum absolute atomic E-state index is 0.0413. The van der Waals surface area contributed by atoms with Crippen molar-refractivity contribution in [2.75, 3.05) is 0 Å². The van der Waals surface area contributed by atoms with Gasteiger partial charge in [-0.3, -0.25) is 9.36 Å². The second-order valence-electron chi connectivity index (χ2n) is 8.83. The molecule has 0 saturated heterocycles. The average molecular weight is 488 g/mol. The predicted molar refractivity (Wildman–Crippen MR) is 131 cm³/mol. The summed E-state index contributed by atoms with van der Waals surface area (Å²) in [5, 5.41) is 16.5. The molecule has 1 aliphatic heterocycles. The van der Waals surface area contributed by atoms with Crippen LogP contribution in [0.25, 0.3) is 28.0 Å². The molecule has 0 fully saturated rings. The number of nitrogens with one attached hydrogen (secondary N) is 1. The minimum Gasteiger partial charge on any atom is -0.347 e. The zero-order chi connectivity index (χ0) is 24.1. The Labute approximate surface area is 205 Å². The Hall–Kier alpha value is -3.98. The van der Waals surface area contributed by atoms with Crippen LogP contribution in [-0.2, 0) is 13.0 Å². The number of carbonyl (C=O) groups is 1. The highest BCUT2D eigenvalue weighted by atomic mass is 35.5. The molecule has 4 heterocycles. The molecule has 2 aromatic carbocycles. The monoisotopic (exact) mass is 487 g/mol. The second-order valence-corrected chi connectivity index (χ2v) is 9.24. The summed E-state index contributed by atoms with van der Waals surface area (Å²) < 4.78 is 9.28. The van der Waals surface area contributed by atoms with Crippen LogP contribution in [0, 0.1) is 13.8 Å². The molecule has 0 unspecified atom stereocenters. The van der Waals surface area contributed by atoms with Gasteiger partial charge in [-0.1, -0.05) is 28.4 Å². The summed E-state index contributed by atoms with van der Waals surface area (Å²) in [6.45, 7) is 4.51. The number of fused-ring (bicyclic) bond motifs is 3. The quantitative estimate of drug-likeness (QED) is 0.405.